The van der Waals surface area contributed by atoms with Gasteiger partial charge in [-0.25, -0.2) is 0 Å². The zero-order chi connectivity index (χ0) is 12.7. The maximum atomic E-state index is 2.37. The van der Waals surface area contributed by atoms with Gasteiger partial charge in [0.05, 0.1) is 0 Å². The molecule has 0 fully saturated rings. The molecular weight excluding hydrogens is 383 g/mol. The van der Waals surface area contributed by atoms with Gasteiger partial charge in [0.1, 0.15) is 0 Å². The molecule has 2 aromatic heterocycles. The number of benzene rings is 2. The summed E-state index contributed by atoms with van der Waals surface area (Å²) in [6.45, 7) is 0. The van der Waals surface area contributed by atoms with Crippen LogP contribution < -0.4 is 21.2 Å². The molecule has 0 unspecified atom stereocenters. The SMILES string of the molecule is c1ccc2sc([I+]c3cc4ccccc4s3)cc2c1. The Labute approximate surface area is 130 Å². The third-order valence-corrected chi connectivity index (χ3v) is 8.83. The van der Waals surface area contributed by atoms with E-state index in [-0.39, 0.29) is 21.2 Å². The number of thiophene rings is 2. The fraction of sp³-hybridized carbons (Fsp3) is 0. The number of hydrogen-bond acceptors (Lipinski definition) is 2. The van der Waals surface area contributed by atoms with Crippen LogP contribution in [0.5, 0.6) is 0 Å². The highest BCUT2D eigenvalue weighted by atomic mass is 127. The Bertz CT molecular complexity index is 719. The smallest absolute Gasteiger partial charge is 0.0876 e. The van der Waals surface area contributed by atoms with Crippen molar-refractivity contribution in [3.05, 3.63) is 66.4 Å². The second-order valence-electron chi connectivity index (χ2n) is 4.27. The fourth-order valence-corrected chi connectivity index (χ4v) is 8.77. The minimum absolute atomic E-state index is 0.0306. The lowest BCUT2D eigenvalue weighted by molar-refractivity contribution is -0.584. The van der Waals surface area contributed by atoms with Gasteiger partial charge in [0, 0.05) is 21.5 Å². The van der Waals surface area contributed by atoms with Crippen LogP contribution in [0.25, 0.3) is 20.2 Å². The van der Waals surface area contributed by atoms with Gasteiger partial charge in [-0.3, -0.25) is 0 Å². The lowest BCUT2D eigenvalue weighted by Gasteiger charge is -1.81. The molecule has 0 saturated heterocycles. The van der Waals surface area contributed by atoms with E-state index in [1.807, 2.05) is 22.7 Å². The van der Waals surface area contributed by atoms with Gasteiger partial charge in [-0.05, 0) is 22.9 Å². The Morgan fingerprint density at radius 2 is 1.11 bits per heavy atom. The molecule has 92 valence electrons. The van der Waals surface area contributed by atoms with E-state index in [0.717, 1.165) is 0 Å². The standard InChI is InChI=1S/C16H10IS2/c1-3-7-13-11(5-1)9-15(18-13)17-16-10-12-6-2-4-8-14(12)19-16/h1-10H/q+1. The predicted octanol–water partition coefficient (Wildman–Crippen LogP) is 2.24. The Morgan fingerprint density at radius 3 is 1.58 bits per heavy atom. The zero-order valence-electron chi connectivity index (χ0n) is 9.97. The Balaban J connectivity index is 1.73. The van der Waals surface area contributed by atoms with Crippen molar-refractivity contribution in [3.63, 3.8) is 0 Å². The highest BCUT2D eigenvalue weighted by molar-refractivity contribution is 7.17. The zero-order valence-corrected chi connectivity index (χ0v) is 13.8. The maximum Gasteiger partial charge on any atom is 0.381 e. The minimum Gasteiger partial charge on any atom is -0.0876 e. The van der Waals surface area contributed by atoms with Crippen molar-refractivity contribution in [2.75, 3.05) is 0 Å². The Hall–Kier alpha value is -0.910. The second-order valence-corrected chi connectivity index (χ2v) is 10.8. The van der Waals surface area contributed by atoms with E-state index in [2.05, 4.69) is 60.7 Å². The molecule has 0 saturated carbocycles. The topological polar surface area (TPSA) is 0 Å². The van der Waals surface area contributed by atoms with E-state index < -0.39 is 0 Å². The van der Waals surface area contributed by atoms with Gasteiger partial charge < -0.3 is 0 Å². The molecule has 0 aliphatic rings. The average molecular weight is 393 g/mol. The molecule has 2 aromatic carbocycles. The normalized spacial score (nSPS) is 11.4. The van der Waals surface area contributed by atoms with Crippen molar-refractivity contribution in [1.82, 2.24) is 0 Å². The van der Waals surface area contributed by atoms with Gasteiger partial charge in [-0.2, -0.15) is 0 Å². The molecule has 0 atom stereocenters. The van der Waals surface area contributed by atoms with E-state index >= 15 is 0 Å². The van der Waals surface area contributed by atoms with Crippen LogP contribution in [0.4, 0.5) is 0 Å². The first kappa shape index (κ1) is 11.9. The molecule has 4 aromatic rings. The molecule has 3 heteroatoms. The molecule has 0 amide bonds. The monoisotopic (exact) mass is 393 g/mol. The first-order valence-corrected chi connectivity index (χ1v) is 9.79. The summed E-state index contributed by atoms with van der Waals surface area (Å²) in [6, 6.07) is 22.1. The molecule has 0 aliphatic carbocycles. The van der Waals surface area contributed by atoms with Crippen LogP contribution in [-0.4, -0.2) is 0 Å². The highest BCUT2D eigenvalue weighted by Crippen LogP contribution is 2.21. The maximum absolute atomic E-state index is 2.37. The van der Waals surface area contributed by atoms with E-state index in [4.69, 9.17) is 0 Å². The van der Waals surface area contributed by atoms with E-state index in [9.17, 15) is 0 Å². The molecule has 0 nitrogen and oxygen atoms in total. The van der Waals surface area contributed by atoms with Crippen molar-refractivity contribution in [2.45, 2.75) is 0 Å². The van der Waals surface area contributed by atoms with Crippen LogP contribution in [0.2, 0.25) is 0 Å². The lowest BCUT2D eigenvalue weighted by Crippen LogP contribution is -3.61. The molecule has 2 heterocycles. The quantitative estimate of drug-likeness (QED) is 0.459. The van der Waals surface area contributed by atoms with Gasteiger partial charge in [-0.15, -0.1) is 0 Å². The number of fused-ring (bicyclic) bond motifs is 2. The number of halogens is 1. The number of hydrogen-bond donors (Lipinski definition) is 0. The van der Waals surface area contributed by atoms with Gasteiger partial charge >= 0.3 is 21.2 Å². The van der Waals surface area contributed by atoms with Crippen LogP contribution in [-0.2, 0) is 0 Å². The third kappa shape index (κ3) is 2.30. The van der Waals surface area contributed by atoms with Crippen LogP contribution in [0.15, 0.2) is 60.7 Å². The molecule has 19 heavy (non-hydrogen) atoms. The Kier molecular flexibility index (Phi) is 3.06. The summed E-state index contributed by atoms with van der Waals surface area (Å²) in [6.07, 6.45) is 0. The highest BCUT2D eigenvalue weighted by Gasteiger charge is 2.21. The van der Waals surface area contributed by atoms with Crippen molar-refractivity contribution in [1.29, 1.82) is 0 Å². The summed E-state index contributed by atoms with van der Waals surface area (Å²) in [5.74, 6) is 0. The molecule has 0 bridgehead atoms. The van der Waals surface area contributed by atoms with Crippen molar-refractivity contribution < 1.29 is 21.2 Å². The second kappa shape index (κ2) is 4.89. The van der Waals surface area contributed by atoms with Gasteiger partial charge in [0.2, 0.25) is 5.77 Å². The summed E-state index contributed by atoms with van der Waals surface area (Å²) in [5, 5.41) is 2.78. The van der Waals surface area contributed by atoms with Crippen molar-refractivity contribution in [3.8, 4) is 0 Å². The van der Waals surface area contributed by atoms with Gasteiger partial charge in [-0.1, -0.05) is 59.1 Å². The summed E-state index contributed by atoms with van der Waals surface area (Å²) in [5.41, 5.74) is 0. The summed E-state index contributed by atoms with van der Waals surface area (Å²) in [7, 11) is 0. The summed E-state index contributed by atoms with van der Waals surface area (Å²) >= 11 is 3.88. The first-order chi connectivity index (χ1) is 9.38. The molecular formula is C16H10IS2+. The fourth-order valence-electron chi connectivity index (χ4n) is 2.08. The van der Waals surface area contributed by atoms with Crippen LogP contribution in [0.3, 0.4) is 0 Å². The Morgan fingerprint density at radius 1 is 0.632 bits per heavy atom. The van der Waals surface area contributed by atoms with Gasteiger partial charge in [0.15, 0.2) is 0 Å². The largest absolute Gasteiger partial charge is 0.381 e. The molecule has 0 N–H and O–H groups in total. The van der Waals surface area contributed by atoms with Crippen molar-refractivity contribution >= 4 is 42.8 Å². The molecule has 0 radical (unpaired) electrons. The molecule has 0 aliphatic heterocycles. The van der Waals surface area contributed by atoms with Crippen LogP contribution in [0, 0.1) is 5.77 Å². The van der Waals surface area contributed by atoms with E-state index in [1.54, 1.807) is 5.77 Å². The van der Waals surface area contributed by atoms with Crippen molar-refractivity contribution in [2.24, 2.45) is 0 Å². The van der Waals surface area contributed by atoms with Gasteiger partial charge in [0.25, 0.3) is 0 Å². The third-order valence-electron chi connectivity index (χ3n) is 2.98. The lowest BCUT2D eigenvalue weighted by atomic mass is 10.3. The molecule has 4 rings (SSSR count). The summed E-state index contributed by atoms with van der Waals surface area (Å²) in [4.78, 5) is 0. The van der Waals surface area contributed by atoms with E-state index in [0.29, 0.717) is 0 Å². The minimum atomic E-state index is -0.0306. The summed E-state index contributed by atoms with van der Waals surface area (Å²) < 4.78 is 5.95. The van der Waals surface area contributed by atoms with Crippen LogP contribution >= 0.6 is 22.7 Å². The molecule has 0 spiro atoms. The first-order valence-electron chi connectivity index (χ1n) is 6.00. The van der Waals surface area contributed by atoms with E-state index in [1.165, 1.54) is 20.2 Å². The predicted molar refractivity (Wildman–Crippen MR) is 81.0 cm³/mol. The average Bonchev–Trinajstić information content (AvgIpc) is 3.00. The van der Waals surface area contributed by atoms with Crippen LogP contribution in [0.1, 0.15) is 0 Å². The number of rotatable bonds is 2.